The lowest BCUT2D eigenvalue weighted by Crippen LogP contribution is -2.44. The number of carbonyl (C=O) groups excluding carboxylic acids is 2. The molecular weight excluding hydrogens is 442 g/mol. The first-order chi connectivity index (χ1) is 16.9. The van der Waals surface area contributed by atoms with Gasteiger partial charge in [0.1, 0.15) is 5.75 Å². The summed E-state index contributed by atoms with van der Waals surface area (Å²) in [5, 5.41) is 5.73. The number of amides is 2. The van der Waals surface area contributed by atoms with Crippen molar-refractivity contribution < 1.29 is 19.1 Å². The Morgan fingerprint density at radius 1 is 0.800 bits per heavy atom. The van der Waals surface area contributed by atoms with E-state index in [1.54, 1.807) is 55.6 Å². The SMILES string of the molecule is COc1ccc(NC(=O)c2ccc(NC(=O)c3ccc(CN4CC(C)OC(C)C4)cc3)cc2)cc1. The highest BCUT2D eigenvalue weighted by Crippen LogP contribution is 2.18. The largest absolute Gasteiger partial charge is 0.497 e. The van der Waals surface area contributed by atoms with Gasteiger partial charge < -0.3 is 20.1 Å². The molecule has 0 aliphatic carbocycles. The molecular formula is C28H31N3O4. The predicted octanol–water partition coefficient (Wildman–Crippen LogP) is 4.81. The van der Waals surface area contributed by atoms with Gasteiger partial charge in [0.2, 0.25) is 0 Å². The average molecular weight is 474 g/mol. The topological polar surface area (TPSA) is 79.9 Å². The third-order valence-electron chi connectivity index (χ3n) is 5.87. The van der Waals surface area contributed by atoms with Crippen molar-refractivity contribution in [1.82, 2.24) is 4.90 Å². The van der Waals surface area contributed by atoms with Crippen LogP contribution >= 0.6 is 0 Å². The number of rotatable bonds is 7. The second-order valence-corrected chi connectivity index (χ2v) is 8.86. The fourth-order valence-corrected chi connectivity index (χ4v) is 4.22. The lowest BCUT2D eigenvalue weighted by atomic mass is 10.1. The maximum atomic E-state index is 12.7. The van der Waals surface area contributed by atoms with E-state index in [9.17, 15) is 9.59 Å². The Hall–Kier alpha value is -3.68. The van der Waals surface area contributed by atoms with Crippen molar-refractivity contribution in [3.8, 4) is 5.75 Å². The average Bonchev–Trinajstić information content (AvgIpc) is 2.84. The summed E-state index contributed by atoms with van der Waals surface area (Å²) in [5.74, 6) is 0.299. The van der Waals surface area contributed by atoms with E-state index in [2.05, 4.69) is 29.4 Å². The first-order valence-corrected chi connectivity index (χ1v) is 11.7. The second-order valence-electron chi connectivity index (χ2n) is 8.86. The molecule has 0 aromatic heterocycles. The third-order valence-corrected chi connectivity index (χ3v) is 5.87. The van der Waals surface area contributed by atoms with Crippen LogP contribution in [0.15, 0.2) is 72.8 Å². The maximum absolute atomic E-state index is 12.7. The molecule has 1 fully saturated rings. The highest BCUT2D eigenvalue weighted by atomic mass is 16.5. The van der Waals surface area contributed by atoms with E-state index in [1.165, 1.54) is 0 Å². The molecule has 35 heavy (non-hydrogen) atoms. The summed E-state index contributed by atoms with van der Waals surface area (Å²) in [7, 11) is 1.59. The Balaban J connectivity index is 1.31. The van der Waals surface area contributed by atoms with E-state index in [0.717, 1.165) is 30.9 Å². The van der Waals surface area contributed by atoms with E-state index >= 15 is 0 Å². The zero-order valence-corrected chi connectivity index (χ0v) is 20.3. The number of ether oxygens (including phenoxy) is 2. The van der Waals surface area contributed by atoms with Gasteiger partial charge in [-0.05, 0) is 80.1 Å². The van der Waals surface area contributed by atoms with Gasteiger partial charge in [-0.2, -0.15) is 0 Å². The smallest absolute Gasteiger partial charge is 0.255 e. The summed E-state index contributed by atoms with van der Waals surface area (Å²) in [4.78, 5) is 27.6. The van der Waals surface area contributed by atoms with E-state index in [-0.39, 0.29) is 24.0 Å². The van der Waals surface area contributed by atoms with Gasteiger partial charge >= 0.3 is 0 Å². The molecule has 0 spiro atoms. The highest BCUT2D eigenvalue weighted by Gasteiger charge is 2.22. The maximum Gasteiger partial charge on any atom is 0.255 e. The molecule has 0 bridgehead atoms. The fraction of sp³-hybridized carbons (Fsp3) is 0.286. The molecule has 182 valence electrons. The molecule has 1 saturated heterocycles. The first kappa shape index (κ1) is 24.4. The predicted molar refractivity (Wildman–Crippen MR) is 137 cm³/mol. The van der Waals surface area contributed by atoms with Crippen LogP contribution in [0, 0.1) is 0 Å². The minimum absolute atomic E-state index is 0.194. The second kappa shape index (κ2) is 11.2. The van der Waals surface area contributed by atoms with Gasteiger partial charge in [-0.25, -0.2) is 0 Å². The molecule has 7 heteroatoms. The van der Waals surface area contributed by atoms with E-state index in [1.807, 2.05) is 24.3 Å². The quantitative estimate of drug-likeness (QED) is 0.515. The van der Waals surface area contributed by atoms with Crippen molar-refractivity contribution in [2.75, 3.05) is 30.8 Å². The van der Waals surface area contributed by atoms with Gasteiger partial charge in [-0.3, -0.25) is 14.5 Å². The Morgan fingerprint density at radius 3 is 1.74 bits per heavy atom. The van der Waals surface area contributed by atoms with Gasteiger partial charge in [0.25, 0.3) is 11.8 Å². The van der Waals surface area contributed by atoms with Crippen molar-refractivity contribution in [3.63, 3.8) is 0 Å². The van der Waals surface area contributed by atoms with Crippen molar-refractivity contribution in [3.05, 3.63) is 89.5 Å². The van der Waals surface area contributed by atoms with Crippen LogP contribution in [0.5, 0.6) is 5.75 Å². The molecule has 3 aromatic rings. The summed E-state index contributed by atoms with van der Waals surface area (Å²) in [6.45, 7) is 6.83. The number of hydrogen-bond acceptors (Lipinski definition) is 5. The minimum Gasteiger partial charge on any atom is -0.497 e. The number of carbonyl (C=O) groups is 2. The number of anilines is 2. The zero-order valence-electron chi connectivity index (χ0n) is 20.3. The molecule has 2 N–H and O–H groups in total. The summed E-state index contributed by atoms with van der Waals surface area (Å²) >= 11 is 0. The van der Waals surface area contributed by atoms with E-state index in [0.29, 0.717) is 22.5 Å². The number of hydrogen-bond donors (Lipinski definition) is 2. The fourth-order valence-electron chi connectivity index (χ4n) is 4.22. The molecule has 1 aliphatic heterocycles. The van der Waals surface area contributed by atoms with Crippen LogP contribution in [0.25, 0.3) is 0 Å². The molecule has 1 heterocycles. The first-order valence-electron chi connectivity index (χ1n) is 11.7. The monoisotopic (exact) mass is 473 g/mol. The summed E-state index contributed by atoms with van der Waals surface area (Å²) in [5.41, 5.74) is 3.54. The Bertz CT molecular complexity index is 1130. The lowest BCUT2D eigenvalue weighted by Gasteiger charge is -2.35. The van der Waals surface area contributed by atoms with Crippen LogP contribution < -0.4 is 15.4 Å². The minimum atomic E-state index is -0.229. The molecule has 3 aromatic carbocycles. The van der Waals surface area contributed by atoms with E-state index in [4.69, 9.17) is 9.47 Å². The number of benzene rings is 3. The van der Waals surface area contributed by atoms with Crippen molar-refractivity contribution in [1.29, 1.82) is 0 Å². The zero-order chi connectivity index (χ0) is 24.8. The van der Waals surface area contributed by atoms with Crippen LogP contribution in [0.3, 0.4) is 0 Å². The molecule has 4 rings (SSSR count). The van der Waals surface area contributed by atoms with Crippen molar-refractivity contribution >= 4 is 23.2 Å². The van der Waals surface area contributed by atoms with Crippen molar-refractivity contribution in [2.45, 2.75) is 32.6 Å². The molecule has 7 nitrogen and oxygen atoms in total. The van der Waals surface area contributed by atoms with Crippen molar-refractivity contribution in [2.24, 2.45) is 0 Å². The Labute approximate surface area is 206 Å². The Morgan fingerprint density at radius 2 is 1.26 bits per heavy atom. The number of nitrogens with one attached hydrogen (secondary N) is 2. The molecule has 0 saturated carbocycles. The van der Waals surface area contributed by atoms with E-state index < -0.39 is 0 Å². The van der Waals surface area contributed by atoms with Gasteiger partial charge in [0.15, 0.2) is 0 Å². The molecule has 0 radical (unpaired) electrons. The Kier molecular flexibility index (Phi) is 7.80. The van der Waals surface area contributed by atoms with Crippen LogP contribution in [-0.2, 0) is 11.3 Å². The van der Waals surface area contributed by atoms with Crippen LogP contribution in [0.4, 0.5) is 11.4 Å². The molecule has 2 unspecified atom stereocenters. The number of methoxy groups -OCH3 is 1. The standard InChI is InChI=1S/C28H31N3O4/c1-19-16-31(17-20(2)35-19)18-21-4-6-22(7-5-21)27(32)29-24-10-8-23(9-11-24)28(33)30-25-12-14-26(34-3)15-13-25/h4-15,19-20H,16-18H2,1-3H3,(H,29,32)(H,30,33). The van der Waals surface area contributed by atoms with Crippen LogP contribution in [0.2, 0.25) is 0 Å². The van der Waals surface area contributed by atoms with Gasteiger partial charge in [-0.15, -0.1) is 0 Å². The van der Waals surface area contributed by atoms with Crippen LogP contribution in [-0.4, -0.2) is 49.1 Å². The number of morpholine rings is 1. The lowest BCUT2D eigenvalue weighted by molar-refractivity contribution is -0.0704. The molecule has 2 amide bonds. The number of nitrogens with zero attached hydrogens (tertiary/aromatic N) is 1. The van der Waals surface area contributed by atoms with Gasteiger partial charge in [0.05, 0.1) is 19.3 Å². The van der Waals surface area contributed by atoms with Crippen LogP contribution in [0.1, 0.15) is 40.1 Å². The summed E-state index contributed by atoms with van der Waals surface area (Å²) in [6.07, 6.45) is 0.451. The van der Waals surface area contributed by atoms with Gasteiger partial charge in [0, 0.05) is 42.1 Å². The summed E-state index contributed by atoms with van der Waals surface area (Å²) < 4.78 is 10.9. The normalized spacial score (nSPS) is 18.0. The summed E-state index contributed by atoms with van der Waals surface area (Å²) in [6, 6.07) is 21.6. The van der Waals surface area contributed by atoms with Gasteiger partial charge in [-0.1, -0.05) is 12.1 Å². The third kappa shape index (κ3) is 6.68. The molecule has 1 aliphatic rings. The molecule has 2 atom stereocenters. The highest BCUT2D eigenvalue weighted by molar-refractivity contribution is 6.06.